The van der Waals surface area contributed by atoms with Crippen LogP contribution in [0, 0.1) is 6.92 Å². The van der Waals surface area contributed by atoms with Crippen LogP contribution in [0.4, 0.5) is 0 Å². The molecule has 0 bridgehead atoms. The van der Waals surface area contributed by atoms with E-state index in [1.165, 1.54) is 11.1 Å². The zero-order valence-electron chi connectivity index (χ0n) is 12.3. The first kappa shape index (κ1) is 14.2. The van der Waals surface area contributed by atoms with E-state index >= 15 is 0 Å². The molecule has 21 heavy (non-hydrogen) atoms. The van der Waals surface area contributed by atoms with Crippen LogP contribution in [0.15, 0.2) is 28.8 Å². The van der Waals surface area contributed by atoms with Gasteiger partial charge in [0.2, 0.25) is 5.89 Å². The number of piperidine rings is 1. The topological polar surface area (TPSA) is 62.4 Å². The zero-order chi connectivity index (χ0) is 14.7. The van der Waals surface area contributed by atoms with Crippen LogP contribution in [-0.2, 0) is 13.0 Å². The van der Waals surface area contributed by atoms with Crippen LogP contribution in [0.2, 0.25) is 0 Å². The quantitative estimate of drug-likeness (QED) is 0.931. The van der Waals surface area contributed by atoms with Gasteiger partial charge in [-0.05, 0) is 37.4 Å². The SMILES string of the molecule is Cc1ccccc1Cc1noc(CN2CCCC(O)C2)n1. The van der Waals surface area contributed by atoms with Crippen LogP contribution in [0.1, 0.15) is 35.7 Å². The van der Waals surface area contributed by atoms with E-state index < -0.39 is 0 Å². The normalized spacial score (nSPS) is 19.8. The molecule has 0 spiro atoms. The summed E-state index contributed by atoms with van der Waals surface area (Å²) in [5.74, 6) is 1.35. The smallest absolute Gasteiger partial charge is 0.240 e. The molecule has 1 aromatic heterocycles. The lowest BCUT2D eigenvalue weighted by atomic mass is 10.1. The molecule has 1 aliphatic rings. The first-order chi connectivity index (χ1) is 10.2. The number of β-amino-alcohol motifs (C(OH)–C–C–N with tert-alkyl or cyclic N) is 1. The van der Waals surface area contributed by atoms with Crippen molar-refractivity contribution in [2.45, 2.75) is 38.8 Å². The summed E-state index contributed by atoms with van der Waals surface area (Å²) in [6, 6.07) is 8.23. The summed E-state index contributed by atoms with van der Waals surface area (Å²) in [6.07, 6.45) is 2.37. The van der Waals surface area contributed by atoms with E-state index in [4.69, 9.17) is 4.52 Å². The van der Waals surface area contributed by atoms with E-state index in [1.54, 1.807) is 0 Å². The molecule has 0 amide bonds. The van der Waals surface area contributed by atoms with E-state index in [0.717, 1.165) is 25.2 Å². The monoisotopic (exact) mass is 287 g/mol. The number of hydrogen-bond acceptors (Lipinski definition) is 5. The lowest BCUT2D eigenvalue weighted by molar-refractivity contribution is 0.0613. The van der Waals surface area contributed by atoms with Crippen molar-refractivity contribution in [2.75, 3.05) is 13.1 Å². The first-order valence-electron chi connectivity index (χ1n) is 7.47. The van der Waals surface area contributed by atoms with Crippen LogP contribution in [0.3, 0.4) is 0 Å². The van der Waals surface area contributed by atoms with Gasteiger partial charge in [0.15, 0.2) is 5.82 Å². The first-order valence-corrected chi connectivity index (χ1v) is 7.47. The molecule has 2 aromatic rings. The fraction of sp³-hybridized carbons (Fsp3) is 0.500. The minimum atomic E-state index is -0.229. The molecule has 1 fully saturated rings. The molecule has 1 aliphatic heterocycles. The van der Waals surface area contributed by atoms with Crippen molar-refractivity contribution >= 4 is 0 Å². The van der Waals surface area contributed by atoms with Gasteiger partial charge in [-0.25, -0.2) is 0 Å². The minimum Gasteiger partial charge on any atom is -0.392 e. The van der Waals surface area contributed by atoms with Gasteiger partial charge in [-0.15, -0.1) is 0 Å². The molecule has 112 valence electrons. The van der Waals surface area contributed by atoms with Gasteiger partial charge in [0.1, 0.15) is 0 Å². The number of aliphatic hydroxyl groups is 1. The maximum Gasteiger partial charge on any atom is 0.240 e. The second kappa shape index (κ2) is 6.37. The predicted octanol–water partition coefficient (Wildman–Crippen LogP) is 1.93. The lowest BCUT2D eigenvalue weighted by Gasteiger charge is -2.28. The highest BCUT2D eigenvalue weighted by Gasteiger charge is 2.20. The Balaban J connectivity index is 1.62. The molecule has 1 saturated heterocycles. The Hall–Kier alpha value is -1.72. The number of benzene rings is 1. The number of aliphatic hydroxyl groups excluding tert-OH is 1. The van der Waals surface area contributed by atoms with Gasteiger partial charge in [-0.3, -0.25) is 4.90 Å². The van der Waals surface area contributed by atoms with Gasteiger partial charge in [-0.2, -0.15) is 4.98 Å². The molecule has 0 saturated carbocycles. The van der Waals surface area contributed by atoms with Crippen molar-refractivity contribution in [3.05, 3.63) is 47.1 Å². The standard InChI is InChI=1S/C16H21N3O2/c1-12-5-2-3-6-13(12)9-15-17-16(21-18-15)11-19-8-4-7-14(20)10-19/h2-3,5-6,14,20H,4,7-11H2,1H3. The summed E-state index contributed by atoms with van der Waals surface area (Å²) < 4.78 is 5.33. The van der Waals surface area contributed by atoms with E-state index in [-0.39, 0.29) is 6.10 Å². The lowest BCUT2D eigenvalue weighted by Crippen LogP contribution is -2.37. The minimum absolute atomic E-state index is 0.229. The number of aromatic nitrogens is 2. The highest BCUT2D eigenvalue weighted by Crippen LogP contribution is 2.15. The van der Waals surface area contributed by atoms with Crippen molar-refractivity contribution < 1.29 is 9.63 Å². The van der Waals surface area contributed by atoms with Crippen molar-refractivity contribution in [1.29, 1.82) is 0 Å². The van der Waals surface area contributed by atoms with Gasteiger partial charge in [0, 0.05) is 13.0 Å². The second-order valence-corrected chi connectivity index (χ2v) is 5.74. The molecule has 1 aromatic carbocycles. The number of rotatable bonds is 4. The van der Waals surface area contributed by atoms with Gasteiger partial charge in [-0.1, -0.05) is 29.4 Å². The molecule has 3 rings (SSSR count). The van der Waals surface area contributed by atoms with Crippen LogP contribution in [0.25, 0.3) is 0 Å². The third-order valence-electron chi connectivity index (χ3n) is 3.96. The fourth-order valence-electron chi connectivity index (χ4n) is 2.77. The van der Waals surface area contributed by atoms with Crippen LogP contribution in [-0.4, -0.2) is 39.3 Å². The van der Waals surface area contributed by atoms with Crippen molar-refractivity contribution in [3.63, 3.8) is 0 Å². The van der Waals surface area contributed by atoms with Crippen molar-refractivity contribution in [2.24, 2.45) is 0 Å². The molecular formula is C16H21N3O2. The number of likely N-dealkylation sites (tertiary alicyclic amines) is 1. The summed E-state index contributed by atoms with van der Waals surface area (Å²) in [4.78, 5) is 6.63. The third kappa shape index (κ3) is 3.68. The molecule has 5 heteroatoms. The average Bonchev–Trinajstić information content (AvgIpc) is 2.89. The molecule has 2 heterocycles. The Kier molecular flexibility index (Phi) is 4.31. The molecule has 0 aliphatic carbocycles. The van der Waals surface area contributed by atoms with Gasteiger partial charge < -0.3 is 9.63 Å². The van der Waals surface area contributed by atoms with E-state index in [0.29, 0.717) is 25.4 Å². The molecule has 0 radical (unpaired) electrons. The molecule has 1 atom stereocenters. The van der Waals surface area contributed by atoms with Crippen LogP contribution >= 0.6 is 0 Å². The predicted molar refractivity (Wildman–Crippen MR) is 78.8 cm³/mol. The Morgan fingerprint density at radius 1 is 1.38 bits per heavy atom. The number of aryl methyl sites for hydroxylation is 1. The second-order valence-electron chi connectivity index (χ2n) is 5.74. The summed E-state index contributed by atoms with van der Waals surface area (Å²) in [7, 11) is 0. The zero-order valence-corrected chi connectivity index (χ0v) is 12.3. The van der Waals surface area contributed by atoms with Gasteiger partial charge >= 0.3 is 0 Å². The van der Waals surface area contributed by atoms with Crippen LogP contribution in [0.5, 0.6) is 0 Å². The van der Waals surface area contributed by atoms with Gasteiger partial charge in [0.05, 0.1) is 12.6 Å². The third-order valence-corrected chi connectivity index (χ3v) is 3.96. The van der Waals surface area contributed by atoms with Crippen molar-refractivity contribution in [1.82, 2.24) is 15.0 Å². The Morgan fingerprint density at radius 3 is 3.05 bits per heavy atom. The van der Waals surface area contributed by atoms with Gasteiger partial charge in [0.25, 0.3) is 0 Å². The number of nitrogens with zero attached hydrogens (tertiary/aromatic N) is 3. The molecule has 1 N–H and O–H groups in total. The summed E-state index contributed by atoms with van der Waals surface area (Å²) in [6.45, 7) is 4.38. The summed E-state index contributed by atoms with van der Waals surface area (Å²) in [5.41, 5.74) is 2.46. The Bertz CT molecular complexity index is 597. The fourth-order valence-corrected chi connectivity index (χ4v) is 2.77. The molecule has 5 nitrogen and oxygen atoms in total. The number of hydrogen-bond donors (Lipinski definition) is 1. The largest absolute Gasteiger partial charge is 0.392 e. The maximum atomic E-state index is 9.68. The van der Waals surface area contributed by atoms with Crippen LogP contribution < -0.4 is 0 Å². The Labute approximate surface area is 124 Å². The summed E-state index contributed by atoms with van der Waals surface area (Å²) >= 11 is 0. The van der Waals surface area contributed by atoms with Crippen molar-refractivity contribution in [3.8, 4) is 0 Å². The van der Waals surface area contributed by atoms with E-state index in [9.17, 15) is 5.11 Å². The molecular weight excluding hydrogens is 266 g/mol. The molecule has 1 unspecified atom stereocenters. The summed E-state index contributed by atoms with van der Waals surface area (Å²) in [5, 5.41) is 13.7. The Morgan fingerprint density at radius 2 is 2.24 bits per heavy atom. The average molecular weight is 287 g/mol. The highest BCUT2D eigenvalue weighted by atomic mass is 16.5. The van der Waals surface area contributed by atoms with E-state index in [1.807, 2.05) is 12.1 Å². The highest BCUT2D eigenvalue weighted by molar-refractivity contribution is 5.27. The maximum absolute atomic E-state index is 9.68. The van der Waals surface area contributed by atoms with E-state index in [2.05, 4.69) is 34.1 Å².